The van der Waals surface area contributed by atoms with Crippen LogP contribution in [0.4, 0.5) is 5.69 Å². The maximum Gasteiger partial charge on any atom is 0.310 e. The maximum absolute atomic E-state index is 12.2. The third-order valence-electron chi connectivity index (χ3n) is 4.30. The molecule has 0 spiro atoms. The maximum atomic E-state index is 12.2. The number of amides is 1. The van der Waals surface area contributed by atoms with Crippen LogP contribution in [-0.4, -0.2) is 29.1 Å². The molecule has 7 nitrogen and oxygen atoms in total. The predicted octanol–water partition coefficient (Wildman–Crippen LogP) is 2.81. The molecule has 1 saturated heterocycles. The van der Waals surface area contributed by atoms with Crippen molar-refractivity contribution in [3.8, 4) is 5.75 Å². The summed E-state index contributed by atoms with van der Waals surface area (Å²) in [5.74, 6) is -0.758. The highest BCUT2D eigenvalue weighted by atomic mass is 16.6. The Bertz CT molecular complexity index is 778. The van der Waals surface area contributed by atoms with E-state index in [2.05, 4.69) is 5.32 Å². The van der Waals surface area contributed by atoms with Gasteiger partial charge in [0, 0.05) is 30.7 Å². The average Bonchev–Trinajstić information content (AvgIpc) is 3.08. The Kier molecular flexibility index (Phi) is 4.95. The van der Waals surface area contributed by atoms with E-state index in [4.69, 9.17) is 4.74 Å². The Hall–Kier alpha value is -2.93. The quantitative estimate of drug-likeness (QED) is 0.642. The molecule has 0 aliphatic carbocycles. The standard InChI is InChI=1S/C18H18N2O5/c21-16-10-13(6-7-15(16)20(23)24)18(22)19-11-14-8-9-25-17(14)12-4-2-1-3-5-12/h1-7,10,14,17,21H,8-9,11H2,(H,19,22)/t14-,17+/m0/s1. The molecule has 2 N–H and O–H groups in total. The van der Waals surface area contributed by atoms with E-state index in [0.717, 1.165) is 24.1 Å². The Labute approximate surface area is 144 Å². The number of ether oxygens (including phenoxy) is 1. The summed E-state index contributed by atoms with van der Waals surface area (Å²) in [6, 6.07) is 13.4. The molecule has 1 amide bonds. The molecule has 130 valence electrons. The highest BCUT2D eigenvalue weighted by molar-refractivity contribution is 5.95. The van der Waals surface area contributed by atoms with E-state index in [-0.39, 0.29) is 23.5 Å². The number of nitro benzene ring substituents is 1. The molecule has 0 bridgehead atoms. The number of aromatic hydroxyl groups is 1. The van der Waals surface area contributed by atoms with Gasteiger partial charge in [-0.2, -0.15) is 0 Å². The predicted molar refractivity (Wildman–Crippen MR) is 90.3 cm³/mol. The van der Waals surface area contributed by atoms with Gasteiger partial charge < -0.3 is 15.2 Å². The van der Waals surface area contributed by atoms with E-state index in [0.29, 0.717) is 13.2 Å². The van der Waals surface area contributed by atoms with Gasteiger partial charge in [-0.25, -0.2) is 0 Å². The van der Waals surface area contributed by atoms with Gasteiger partial charge in [-0.1, -0.05) is 30.3 Å². The molecule has 7 heteroatoms. The highest BCUT2D eigenvalue weighted by Gasteiger charge is 2.30. The van der Waals surface area contributed by atoms with Crippen molar-refractivity contribution in [3.63, 3.8) is 0 Å². The molecule has 0 unspecified atom stereocenters. The lowest BCUT2D eigenvalue weighted by atomic mass is 9.95. The molecular formula is C18H18N2O5. The number of phenols is 1. The summed E-state index contributed by atoms with van der Waals surface area (Å²) in [5.41, 5.74) is 0.829. The van der Waals surface area contributed by atoms with Crippen molar-refractivity contribution in [2.45, 2.75) is 12.5 Å². The highest BCUT2D eigenvalue weighted by Crippen LogP contribution is 2.34. The summed E-state index contributed by atoms with van der Waals surface area (Å²) in [7, 11) is 0. The van der Waals surface area contributed by atoms with Crippen LogP contribution >= 0.6 is 0 Å². The number of phenolic OH excluding ortho intramolecular Hbond substituents is 1. The van der Waals surface area contributed by atoms with Crippen molar-refractivity contribution in [1.82, 2.24) is 5.32 Å². The Morgan fingerprint density at radius 2 is 2.04 bits per heavy atom. The van der Waals surface area contributed by atoms with E-state index < -0.39 is 16.4 Å². The van der Waals surface area contributed by atoms with E-state index in [1.165, 1.54) is 6.07 Å². The molecule has 1 fully saturated rings. The number of nitrogens with zero attached hydrogens (tertiary/aromatic N) is 1. The second-order valence-corrected chi connectivity index (χ2v) is 5.92. The van der Waals surface area contributed by atoms with Crippen LogP contribution in [0.15, 0.2) is 48.5 Å². The molecule has 25 heavy (non-hydrogen) atoms. The van der Waals surface area contributed by atoms with Crippen molar-refractivity contribution < 1.29 is 19.6 Å². The van der Waals surface area contributed by atoms with Gasteiger partial charge in [0.15, 0.2) is 5.75 Å². The Morgan fingerprint density at radius 3 is 2.72 bits per heavy atom. The number of nitrogens with one attached hydrogen (secondary N) is 1. The lowest BCUT2D eigenvalue weighted by molar-refractivity contribution is -0.385. The van der Waals surface area contributed by atoms with Crippen LogP contribution in [0.1, 0.15) is 28.4 Å². The minimum atomic E-state index is -0.697. The largest absolute Gasteiger partial charge is 0.502 e. The molecule has 2 atom stereocenters. The number of rotatable bonds is 5. The molecule has 0 aromatic heterocycles. The van der Waals surface area contributed by atoms with Crippen LogP contribution in [0.2, 0.25) is 0 Å². The lowest BCUT2D eigenvalue weighted by Gasteiger charge is -2.19. The van der Waals surface area contributed by atoms with E-state index in [1.54, 1.807) is 0 Å². The fourth-order valence-electron chi connectivity index (χ4n) is 3.00. The fraction of sp³-hybridized carbons (Fsp3) is 0.278. The lowest BCUT2D eigenvalue weighted by Crippen LogP contribution is -2.30. The third-order valence-corrected chi connectivity index (χ3v) is 4.30. The number of carbonyl (C=O) groups is 1. The Balaban J connectivity index is 1.64. The minimum absolute atomic E-state index is 0.0632. The molecule has 1 heterocycles. The van der Waals surface area contributed by atoms with Crippen molar-refractivity contribution >= 4 is 11.6 Å². The first-order valence-corrected chi connectivity index (χ1v) is 7.98. The van der Waals surface area contributed by atoms with Crippen LogP contribution in [0.5, 0.6) is 5.75 Å². The van der Waals surface area contributed by atoms with Crippen LogP contribution in [0, 0.1) is 16.0 Å². The number of hydrogen-bond donors (Lipinski definition) is 2. The summed E-state index contributed by atoms with van der Waals surface area (Å²) in [6.45, 7) is 1.06. The van der Waals surface area contributed by atoms with Crippen LogP contribution < -0.4 is 5.32 Å². The second kappa shape index (κ2) is 7.31. The zero-order chi connectivity index (χ0) is 17.8. The monoisotopic (exact) mass is 342 g/mol. The van der Waals surface area contributed by atoms with Gasteiger partial charge in [-0.15, -0.1) is 0 Å². The molecule has 0 radical (unpaired) electrons. The smallest absolute Gasteiger partial charge is 0.310 e. The van der Waals surface area contributed by atoms with Gasteiger partial charge in [0.25, 0.3) is 5.91 Å². The zero-order valence-electron chi connectivity index (χ0n) is 13.4. The first kappa shape index (κ1) is 16.9. The second-order valence-electron chi connectivity index (χ2n) is 5.92. The van der Waals surface area contributed by atoms with Gasteiger partial charge in [0.1, 0.15) is 0 Å². The van der Waals surface area contributed by atoms with Crippen molar-refractivity contribution in [3.05, 3.63) is 69.8 Å². The molecule has 1 aliphatic heterocycles. The zero-order valence-corrected chi connectivity index (χ0v) is 13.4. The molecule has 1 aliphatic rings. The van der Waals surface area contributed by atoms with Gasteiger partial charge in [0.05, 0.1) is 11.0 Å². The minimum Gasteiger partial charge on any atom is -0.502 e. The average molecular weight is 342 g/mol. The first-order valence-electron chi connectivity index (χ1n) is 7.98. The van der Waals surface area contributed by atoms with Crippen LogP contribution in [-0.2, 0) is 4.74 Å². The summed E-state index contributed by atoms with van der Waals surface area (Å²) >= 11 is 0. The van der Waals surface area contributed by atoms with Crippen LogP contribution in [0.3, 0.4) is 0 Å². The summed E-state index contributed by atoms with van der Waals surface area (Å²) in [5, 5.41) is 23.2. The van der Waals surface area contributed by atoms with E-state index in [9.17, 15) is 20.0 Å². The van der Waals surface area contributed by atoms with Crippen molar-refractivity contribution in [1.29, 1.82) is 0 Å². The molecular weight excluding hydrogens is 324 g/mol. The van der Waals surface area contributed by atoms with E-state index >= 15 is 0 Å². The van der Waals surface area contributed by atoms with Gasteiger partial charge >= 0.3 is 5.69 Å². The number of nitro groups is 1. The van der Waals surface area contributed by atoms with Gasteiger partial charge in [-0.05, 0) is 24.1 Å². The SMILES string of the molecule is O=C(NC[C@@H]1CCO[C@@H]1c1ccccc1)c1ccc([N+](=O)[O-])c(O)c1. The van der Waals surface area contributed by atoms with Crippen LogP contribution in [0.25, 0.3) is 0 Å². The first-order chi connectivity index (χ1) is 12.1. The van der Waals surface area contributed by atoms with Gasteiger partial charge in [-0.3, -0.25) is 14.9 Å². The summed E-state index contributed by atoms with van der Waals surface area (Å²) < 4.78 is 5.78. The normalized spacial score (nSPS) is 19.5. The number of benzene rings is 2. The molecule has 3 rings (SSSR count). The topological polar surface area (TPSA) is 102 Å². The molecule has 2 aromatic carbocycles. The van der Waals surface area contributed by atoms with Crippen molar-refractivity contribution in [2.75, 3.05) is 13.2 Å². The van der Waals surface area contributed by atoms with Crippen molar-refractivity contribution in [2.24, 2.45) is 5.92 Å². The third kappa shape index (κ3) is 3.77. The van der Waals surface area contributed by atoms with E-state index in [1.807, 2.05) is 30.3 Å². The number of carbonyl (C=O) groups excluding carboxylic acids is 1. The summed E-state index contributed by atoms with van der Waals surface area (Å²) in [4.78, 5) is 22.3. The summed E-state index contributed by atoms with van der Waals surface area (Å²) in [6.07, 6.45) is 0.775. The molecule has 2 aromatic rings. The molecule has 0 saturated carbocycles. The van der Waals surface area contributed by atoms with Gasteiger partial charge in [0.2, 0.25) is 0 Å². The fourth-order valence-corrected chi connectivity index (χ4v) is 3.00. The number of hydrogen-bond acceptors (Lipinski definition) is 5. The Morgan fingerprint density at radius 1 is 1.28 bits per heavy atom.